The van der Waals surface area contributed by atoms with Crippen molar-refractivity contribution in [1.82, 2.24) is 0 Å². The van der Waals surface area contributed by atoms with Crippen LogP contribution in [0.3, 0.4) is 0 Å². The lowest BCUT2D eigenvalue weighted by atomic mass is 10.1. The molecule has 1 fully saturated rings. The summed E-state index contributed by atoms with van der Waals surface area (Å²) in [6, 6.07) is 0. The largest absolute Gasteiger partial charge is 0.388 e. The molecule has 1 rings (SSSR count). The van der Waals surface area contributed by atoms with Crippen LogP contribution in [0.25, 0.3) is 0 Å². The summed E-state index contributed by atoms with van der Waals surface area (Å²) in [7, 11) is 0. The Balaban J connectivity index is 2.04. The molecule has 6 heteroatoms. The third-order valence-electron chi connectivity index (χ3n) is 3.59. The van der Waals surface area contributed by atoms with Gasteiger partial charge in [0.2, 0.25) is 0 Å². The summed E-state index contributed by atoms with van der Waals surface area (Å²) >= 11 is 0. The van der Waals surface area contributed by atoms with Crippen LogP contribution in [0.2, 0.25) is 0 Å². The van der Waals surface area contributed by atoms with Crippen LogP contribution >= 0.6 is 0 Å². The molecule has 1 aliphatic rings. The Labute approximate surface area is 120 Å². The van der Waals surface area contributed by atoms with Crippen molar-refractivity contribution in [3.05, 3.63) is 0 Å². The van der Waals surface area contributed by atoms with Crippen molar-refractivity contribution in [2.24, 2.45) is 0 Å². The van der Waals surface area contributed by atoms with Crippen LogP contribution in [0.5, 0.6) is 0 Å². The molecule has 20 heavy (non-hydrogen) atoms. The Morgan fingerprint density at radius 2 is 1.65 bits per heavy atom. The van der Waals surface area contributed by atoms with Crippen molar-refractivity contribution >= 4 is 0 Å². The third-order valence-corrected chi connectivity index (χ3v) is 3.59. The van der Waals surface area contributed by atoms with Gasteiger partial charge in [0, 0.05) is 6.61 Å². The zero-order chi connectivity index (χ0) is 15.0. The van der Waals surface area contributed by atoms with E-state index in [1.165, 1.54) is 25.7 Å². The smallest absolute Gasteiger partial charge is 0.184 e. The number of hydrogen-bond acceptors (Lipinski definition) is 6. The maximum Gasteiger partial charge on any atom is 0.184 e. The molecule has 1 aliphatic heterocycles. The lowest BCUT2D eigenvalue weighted by Gasteiger charge is -2.20. The van der Waals surface area contributed by atoms with Crippen molar-refractivity contribution in [3.63, 3.8) is 0 Å². The lowest BCUT2D eigenvalue weighted by molar-refractivity contribution is -0.153. The second-order valence-electron chi connectivity index (χ2n) is 5.38. The van der Waals surface area contributed by atoms with Crippen molar-refractivity contribution in [2.75, 3.05) is 13.2 Å². The molecule has 0 radical (unpaired) electrons. The Kier molecular flexibility index (Phi) is 8.60. The maximum atomic E-state index is 9.80. The molecule has 4 N–H and O–H groups in total. The monoisotopic (exact) mass is 292 g/mol. The zero-order valence-corrected chi connectivity index (χ0v) is 12.1. The van der Waals surface area contributed by atoms with Gasteiger partial charge in [0.1, 0.15) is 24.4 Å². The number of unbranched alkanes of at least 4 members (excludes halogenated alkanes) is 5. The highest BCUT2D eigenvalue weighted by atomic mass is 16.7. The molecular weight excluding hydrogens is 264 g/mol. The van der Waals surface area contributed by atoms with E-state index in [4.69, 9.17) is 9.47 Å². The molecule has 6 nitrogen and oxygen atoms in total. The first-order chi connectivity index (χ1) is 9.57. The molecule has 0 spiro atoms. The van der Waals surface area contributed by atoms with E-state index in [0.29, 0.717) is 6.61 Å². The summed E-state index contributed by atoms with van der Waals surface area (Å²) in [5.74, 6) is 0. The van der Waals surface area contributed by atoms with E-state index >= 15 is 0 Å². The SMILES string of the molecule is CCCCCCCCOC[C@@H](O)[C@@H]1OC(O)[C@H](O)[C@H]1O. The van der Waals surface area contributed by atoms with E-state index < -0.39 is 30.7 Å². The third kappa shape index (κ3) is 5.63. The number of ether oxygens (including phenoxy) is 2. The van der Waals surface area contributed by atoms with Gasteiger partial charge in [-0.1, -0.05) is 39.0 Å². The highest BCUT2D eigenvalue weighted by Crippen LogP contribution is 2.22. The van der Waals surface area contributed by atoms with Gasteiger partial charge >= 0.3 is 0 Å². The van der Waals surface area contributed by atoms with Gasteiger partial charge in [0.25, 0.3) is 0 Å². The molecule has 0 saturated carbocycles. The maximum absolute atomic E-state index is 9.80. The van der Waals surface area contributed by atoms with Gasteiger partial charge in [0.15, 0.2) is 6.29 Å². The highest BCUT2D eigenvalue weighted by Gasteiger charge is 2.45. The number of rotatable bonds is 10. The van der Waals surface area contributed by atoms with Crippen LogP contribution < -0.4 is 0 Å². The minimum absolute atomic E-state index is 0.0239. The normalized spacial score (nSPS) is 31.6. The van der Waals surface area contributed by atoms with Crippen LogP contribution in [0.1, 0.15) is 45.4 Å². The summed E-state index contributed by atoms with van der Waals surface area (Å²) < 4.78 is 10.2. The van der Waals surface area contributed by atoms with Gasteiger partial charge in [-0.15, -0.1) is 0 Å². The minimum atomic E-state index is -1.46. The standard InChI is InChI=1S/C14H28O6/c1-2-3-4-5-6-7-8-19-9-10(15)13-11(16)12(17)14(18)20-13/h10-18H,2-9H2,1H3/t10-,11-,12-,13+,14?/m1/s1. The zero-order valence-electron chi connectivity index (χ0n) is 12.1. The van der Waals surface area contributed by atoms with Gasteiger partial charge in [0.05, 0.1) is 6.61 Å². The molecule has 120 valence electrons. The molecule has 0 bridgehead atoms. The topological polar surface area (TPSA) is 99.4 Å². The Hall–Kier alpha value is -0.240. The summed E-state index contributed by atoms with van der Waals surface area (Å²) in [4.78, 5) is 0. The van der Waals surface area contributed by atoms with Gasteiger partial charge in [-0.05, 0) is 6.42 Å². The summed E-state index contributed by atoms with van der Waals surface area (Å²) in [6.45, 7) is 2.76. The van der Waals surface area contributed by atoms with E-state index in [9.17, 15) is 20.4 Å². The molecular formula is C14H28O6. The van der Waals surface area contributed by atoms with E-state index in [2.05, 4.69) is 6.92 Å². The van der Waals surface area contributed by atoms with E-state index in [0.717, 1.165) is 12.8 Å². The molecule has 1 saturated heterocycles. The molecule has 0 amide bonds. The van der Waals surface area contributed by atoms with Crippen LogP contribution in [0, 0.1) is 0 Å². The number of aliphatic hydroxyl groups excluding tert-OH is 4. The summed E-state index contributed by atoms with van der Waals surface area (Å²) in [5, 5.41) is 37.9. The predicted octanol–water partition coefficient (Wildman–Crippen LogP) is 0.163. The van der Waals surface area contributed by atoms with Crippen LogP contribution in [0.4, 0.5) is 0 Å². The first kappa shape index (κ1) is 17.8. The lowest BCUT2D eigenvalue weighted by Crippen LogP contribution is -2.41. The molecule has 0 aromatic heterocycles. The van der Waals surface area contributed by atoms with Gasteiger partial charge < -0.3 is 29.9 Å². The Bertz CT molecular complexity index is 250. The molecule has 0 aromatic rings. The second-order valence-corrected chi connectivity index (χ2v) is 5.38. The Morgan fingerprint density at radius 3 is 2.25 bits per heavy atom. The fourth-order valence-electron chi connectivity index (χ4n) is 2.29. The fourth-order valence-corrected chi connectivity index (χ4v) is 2.29. The van der Waals surface area contributed by atoms with Gasteiger partial charge in [-0.3, -0.25) is 0 Å². The van der Waals surface area contributed by atoms with Crippen LogP contribution in [-0.2, 0) is 9.47 Å². The van der Waals surface area contributed by atoms with E-state index in [1.807, 2.05) is 0 Å². The van der Waals surface area contributed by atoms with E-state index in [-0.39, 0.29) is 6.61 Å². The first-order valence-corrected chi connectivity index (χ1v) is 7.53. The quantitative estimate of drug-likeness (QED) is 0.428. The molecule has 0 aliphatic carbocycles. The molecule has 5 atom stereocenters. The van der Waals surface area contributed by atoms with Crippen LogP contribution in [-0.4, -0.2) is 64.3 Å². The van der Waals surface area contributed by atoms with Crippen LogP contribution in [0.15, 0.2) is 0 Å². The second kappa shape index (κ2) is 9.65. The Morgan fingerprint density at radius 1 is 1.00 bits per heavy atom. The summed E-state index contributed by atoms with van der Waals surface area (Å²) in [6.07, 6.45) is 0.784. The molecule has 1 heterocycles. The summed E-state index contributed by atoms with van der Waals surface area (Å²) in [5.41, 5.74) is 0. The fraction of sp³-hybridized carbons (Fsp3) is 1.00. The van der Waals surface area contributed by atoms with Crippen molar-refractivity contribution in [1.29, 1.82) is 0 Å². The highest BCUT2D eigenvalue weighted by molar-refractivity contribution is 4.89. The van der Waals surface area contributed by atoms with Crippen molar-refractivity contribution in [3.8, 4) is 0 Å². The minimum Gasteiger partial charge on any atom is -0.388 e. The number of hydrogen-bond donors (Lipinski definition) is 4. The number of aliphatic hydroxyl groups is 4. The first-order valence-electron chi connectivity index (χ1n) is 7.53. The average Bonchev–Trinajstić information content (AvgIpc) is 2.69. The van der Waals surface area contributed by atoms with Gasteiger partial charge in [-0.2, -0.15) is 0 Å². The predicted molar refractivity (Wildman–Crippen MR) is 73.1 cm³/mol. The van der Waals surface area contributed by atoms with Crippen molar-refractivity contribution < 1.29 is 29.9 Å². The average molecular weight is 292 g/mol. The van der Waals surface area contributed by atoms with E-state index in [1.54, 1.807) is 0 Å². The van der Waals surface area contributed by atoms with Gasteiger partial charge in [-0.25, -0.2) is 0 Å². The molecule has 1 unspecified atom stereocenters. The van der Waals surface area contributed by atoms with Crippen molar-refractivity contribution in [2.45, 2.75) is 76.2 Å². The molecule has 0 aromatic carbocycles.